The standard InChI is InChI=1S/C7H2F4N2/c1-2-4-3-12-6(8)5(13-4)7(9,10)11/h1,3H. The van der Waals surface area contributed by atoms with Gasteiger partial charge < -0.3 is 0 Å². The average molecular weight is 190 g/mol. The summed E-state index contributed by atoms with van der Waals surface area (Å²) in [4.78, 5) is 5.69. The fourth-order valence-electron chi connectivity index (χ4n) is 0.624. The van der Waals surface area contributed by atoms with Crippen LogP contribution in [0.2, 0.25) is 0 Å². The van der Waals surface area contributed by atoms with E-state index in [4.69, 9.17) is 6.42 Å². The van der Waals surface area contributed by atoms with Crippen molar-refractivity contribution in [2.45, 2.75) is 6.18 Å². The van der Waals surface area contributed by atoms with Gasteiger partial charge in [-0.05, 0) is 5.92 Å². The molecule has 0 aromatic carbocycles. The molecule has 0 unspecified atom stereocenters. The Morgan fingerprint density at radius 3 is 2.46 bits per heavy atom. The molecule has 0 atom stereocenters. The van der Waals surface area contributed by atoms with Gasteiger partial charge in [-0.2, -0.15) is 17.6 Å². The van der Waals surface area contributed by atoms with Gasteiger partial charge in [0.25, 0.3) is 0 Å². The van der Waals surface area contributed by atoms with Crippen LogP contribution >= 0.6 is 0 Å². The molecular weight excluding hydrogens is 188 g/mol. The molecule has 0 aliphatic rings. The lowest BCUT2D eigenvalue weighted by Crippen LogP contribution is -2.13. The molecule has 0 saturated carbocycles. The number of hydrogen-bond acceptors (Lipinski definition) is 2. The molecule has 0 aliphatic heterocycles. The van der Waals surface area contributed by atoms with Gasteiger partial charge in [-0.3, -0.25) is 0 Å². The molecule has 0 fully saturated rings. The molecule has 1 aromatic rings. The van der Waals surface area contributed by atoms with Crippen LogP contribution in [-0.2, 0) is 6.18 Å². The Hall–Kier alpha value is -1.64. The SMILES string of the molecule is C#Cc1cnc(F)c(C(F)(F)F)n1. The van der Waals surface area contributed by atoms with Crippen LogP contribution in [0.25, 0.3) is 0 Å². The van der Waals surface area contributed by atoms with Crippen LogP contribution in [0.1, 0.15) is 11.4 Å². The Morgan fingerprint density at radius 2 is 2.00 bits per heavy atom. The van der Waals surface area contributed by atoms with Crippen molar-refractivity contribution in [1.29, 1.82) is 0 Å². The Kier molecular flexibility index (Phi) is 2.19. The van der Waals surface area contributed by atoms with E-state index < -0.39 is 17.8 Å². The number of nitrogens with zero attached hydrogens (tertiary/aromatic N) is 2. The largest absolute Gasteiger partial charge is 0.437 e. The molecule has 68 valence electrons. The summed E-state index contributed by atoms with van der Waals surface area (Å²) in [5.41, 5.74) is -2.04. The average Bonchev–Trinajstić information content (AvgIpc) is 2.03. The van der Waals surface area contributed by atoms with Crippen LogP contribution in [0.3, 0.4) is 0 Å². The van der Waals surface area contributed by atoms with Crippen LogP contribution in [0, 0.1) is 18.3 Å². The maximum Gasteiger partial charge on any atom is 0.437 e. The fourth-order valence-corrected chi connectivity index (χ4v) is 0.624. The first-order valence-corrected chi connectivity index (χ1v) is 3.01. The smallest absolute Gasteiger partial charge is 0.229 e. The summed E-state index contributed by atoms with van der Waals surface area (Å²) in [7, 11) is 0. The van der Waals surface area contributed by atoms with Crippen molar-refractivity contribution < 1.29 is 17.6 Å². The van der Waals surface area contributed by atoms with Gasteiger partial charge in [0.05, 0.1) is 6.20 Å². The lowest BCUT2D eigenvalue weighted by molar-refractivity contribution is -0.144. The predicted octanol–water partition coefficient (Wildman–Crippen LogP) is 1.62. The van der Waals surface area contributed by atoms with Gasteiger partial charge in [0.2, 0.25) is 11.6 Å². The molecule has 0 spiro atoms. The van der Waals surface area contributed by atoms with Crippen LogP contribution in [0.15, 0.2) is 6.20 Å². The molecule has 0 saturated heterocycles. The van der Waals surface area contributed by atoms with Gasteiger partial charge in [-0.1, -0.05) is 0 Å². The number of alkyl halides is 3. The summed E-state index contributed by atoms with van der Waals surface area (Å²) in [6, 6.07) is 0. The van der Waals surface area contributed by atoms with E-state index in [2.05, 4.69) is 9.97 Å². The van der Waals surface area contributed by atoms with Gasteiger partial charge in [-0.25, -0.2) is 9.97 Å². The highest BCUT2D eigenvalue weighted by molar-refractivity contribution is 5.23. The normalized spacial score (nSPS) is 11.0. The van der Waals surface area contributed by atoms with E-state index in [1.165, 1.54) is 0 Å². The zero-order chi connectivity index (χ0) is 10.1. The van der Waals surface area contributed by atoms with Gasteiger partial charge in [0.1, 0.15) is 5.69 Å². The summed E-state index contributed by atoms with van der Waals surface area (Å²) in [5, 5.41) is 0. The highest BCUT2D eigenvalue weighted by Crippen LogP contribution is 2.28. The molecular formula is C7H2F4N2. The zero-order valence-corrected chi connectivity index (χ0v) is 6.06. The van der Waals surface area contributed by atoms with Crippen molar-refractivity contribution in [3.05, 3.63) is 23.5 Å². The number of terminal acetylenes is 1. The maximum absolute atomic E-state index is 12.4. The molecule has 0 bridgehead atoms. The fraction of sp³-hybridized carbons (Fsp3) is 0.143. The zero-order valence-electron chi connectivity index (χ0n) is 6.06. The second-order valence-corrected chi connectivity index (χ2v) is 2.04. The lowest BCUT2D eigenvalue weighted by atomic mass is 10.4. The van der Waals surface area contributed by atoms with Gasteiger partial charge >= 0.3 is 6.18 Å². The molecule has 6 heteroatoms. The van der Waals surface area contributed by atoms with Crippen LogP contribution in [0.5, 0.6) is 0 Å². The van der Waals surface area contributed by atoms with E-state index in [0.717, 1.165) is 6.20 Å². The van der Waals surface area contributed by atoms with E-state index in [-0.39, 0.29) is 5.69 Å². The maximum atomic E-state index is 12.4. The lowest BCUT2D eigenvalue weighted by Gasteiger charge is -2.05. The second-order valence-electron chi connectivity index (χ2n) is 2.04. The third kappa shape index (κ3) is 1.93. The number of hydrogen-bond donors (Lipinski definition) is 0. The highest BCUT2D eigenvalue weighted by Gasteiger charge is 2.37. The van der Waals surface area contributed by atoms with Crippen molar-refractivity contribution in [2.75, 3.05) is 0 Å². The van der Waals surface area contributed by atoms with Crippen LogP contribution in [0.4, 0.5) is 17.6 Å². The molecule has 0 aliphatic carbocycles. The molecule has 0 amide bonds. The van der Waals surface area contributed by atoms with E-state index in [1.54, 1.807) is 0 Å². The van der Waals surface area contributed by atoms with Gasteiger partial charge in [0.15, 0.2) is 0 Å². The van der Waals surface area contributed by atoms with E-state index in [9.17, 15) is 17.6 Å². The first kappa shape index (κ1) is 9.45. The molecule has 0 N–H and O–H groups in total. The Balaban J connectivity index is 3.29. The Bertz CT molecular complexity index is 364. The minimum atomic E-state index is -4.87. The highest BCUT2D eigenvalue weighted by atomic mass is 19.4. The third-order valence-electron chi connectivity index (χ3n) is 1.14. The van der Waals surface area contributed by atoms with Crippen molar-refractivity contribution in [3.63, 3.8) is 0 Å². The first-order chi connectivity index (χ1) is 5.95. The summed E-state index contributed by atoms with van der Waals surface area (Å²) in [5.74, 6) is 0.152. The van der Waals surface area contributed by atoms with Crippen LogP contribution in [-0.4, -0.2) is 9.97 Å². The molecule has 1 aromatic heterocycles. The van der Waals surface area contributed by atoms with Crippen LogP contribution < -0.4 is 0 Å². The minimum Gasteiger partial charge on any atom is -0.229 e. The van der Waals surface area contributed by atoms with Crippen molar-refractivity contribution >= 4 is 0 Å². The Morgan fingerprint density at radius 1 is 1.38 bits per heavy atom. The van der Waals surface area contributed by atoms with E-state index in [1.807, 2.05) is 5.92 Å². The topological polar surface area (TPSA) is 25.8 Å². The third-order valence-corrected chi connectivity index (χ3v) is 1.14. The van der Waals surface area contributed by atoms with E-state index in [0.29, 0.717) is 0 Å². The summed E-state index contributed by atoms with van der Waals surface area (Å²) in [6.45, 7) is 0. The summed E-state index contributed by atoms with van der Waals surface area (Å²) in [6.07, 6.45) is 0.653. The predicted molar refractivity (Wildman–Crippen MR) is 34.9 cm³/mol. The second kappa shape index (κ2) is 3.01. The van der Waals surface area contributed by atoms with Crippen molar-refractivity contribution in [1.82, 2.24) is 9.97 Å². The molecule has 2 nitrogen and oxygen atoms in total. The van der Waals surface area contributed by atoms with Crippen molar-refractivity contribution in [2.24, 2.45) is 0 Å². The summed E-state index contributed by atoms with van der Waals surface area (Å²) >= 11 is 0. The van der Waals surface area contributed by atoms with Gasteiger partial charge in [0, 0.05) is 0 Å². The quantitative estimate of drug-likeness (QED) is 0.458. The van der Waals surface area contributed by atoms with Crippen molar-refractivity contribution in [3.8, 4) is 12.3 Å². The minimum absolute atomic E-state index is 0.353. The van der Waals surface area contributed by atoms with Gasteiger partial charge in [-0.15, -0.1) is 6.42 Å². The Labute approximate surface area is 70.6 Å². The molecule has 0 radical (unpaired) electrons. The molecule has 1 rings (SSSR count). The number of aromatic nitrogens is 2. The van der Waals surface area contributed by atoms with E-state index >= 15 is 0 Å². The first-order valence-electron chi connectivity index (χ1n) is 3.01. The molecule has 1 heterocycles. The number of halogens is 4. The molecule has 13 heavy (non-hydrogen) atoms. The number of rotatable bonds is 0. The monoisotopic (exact) mass is 190 g/mol. The summed E-state index contributed by atoms with van der Waals surface area (Å²) < 4.78 is 48.3.